The van der Waals surface area contributed by atoms with Crippen molar-refractivity contribution >= 4 is 5.91 Å². The van der Waals surface area contributed by atoms with E-state index in [1.807, 2.05) is 0 Å². The molecule has 3 aliphatic heterocycles. The molecule has 3 unspecified atom stereocenters. The number of fused-ring (bicyclic) bond motifs is 2. The Morgan fingerprint density at radius 2 is 1.89 bits per heavy atom. The van der Waals surface area contributed by atoms with Crippen LogP contribution >= 0.6 is 0 Å². The molecule has 0 aromatic heterocycles. The van der Waals surface area contributed by atoms with E-state index >= 15 is 0 Å². The minimum atomic E-state index is 0.395. The summed E-state index contributed by atoms with van der Waals surface area (Å²) in [5.41, 5.74) is 0. The minimum absolute atomic E-state index is 0.395. The molecule has 3 rings (SSSR count). The number of likely N-dealkylation sites (N-methyl/N-ethyl adjacent to an activating group) is 1. The number of piperidine rings is 1. The zero-order valence-electron chi connectivity index (χ0n) is 12.3. The third kappa shape index (κ3) is 2.95. The summed E-state index contributed by atoms with van der Waals surface area (Å²) in [6.07, 6.45) is 5.85. The largest absolute Gasteiger partial charge is 0.340 e. The van der Waals surface area contributed by atoms with Gasteiger partial charge in [0.2, 0.25) is 5.91 Å². The van der Waals surface area contributed by atoms with Crippen LogP contribution in [-0.4, -0.2) is 60.5 Å². The molecule has 1 amide bonds. The van der Waals surface area contributed by atoms with Gasteiger partial charge in [0.25, 0.3) is 0 Å². The van der Waals surface area contributed by atoms with E-state index < -0.39 is 0 Å². The summed E-state index contributed by atoms with van der Waals surface area (Å²) in [5, 5.41) is 3.65. The molecule has 3 heterocycles. The van der Waals surface area contributed by atoms with Gasteiger partial charge in [-0.25, -0.2) is 0 Å². The maximum Gasteiger partial charge on any atom is 0.222 e. The standard InChI is InChI=1S/C15H27N3O/c1-11-10-18(6-5-17(11)2)15(19)9-12-7-13-3-4-14(8-12)16-13/h11-14,16H,3-10H2,1-2H3. The van der Waals surface area contributed by atoms with Crippen LogP contribution < -0.4 is 5.32 Å². The molecule has 3 atom stereocenters. The average Bonchev–Trinajstić information content (AvgIpc) is 2.72. The number of rotatable bonds is 2. The molecule has 2 bridgehead atoms. The van der Waals surface area contributed by atoms with Gasteiger partial charge in [0.1, 0.15) is 0 Å². The highest BCUT2D eigenvalue weighted by molar-refractivity contribution is 5.76. The van der Waals surface area contributed by atoms with Crippen LogP contribution in [0.15, 0.2) is 0 Å². The maximum absolute atomic E-state index is 12.4. The van der Waals surface area contributed by atoms with Crippen molar-refractivity contribution in [2.45, 2.75) is 57.2 Å². The topological polar surface area (TPSA) is 35.6 Å². The van der Waals surface area contributed by atoms with E-state index in [0.29, 0.717) is 30.0 Å². The molecule has 108 valence electrons. The van der Waals surface area contributed by atoms with Gasteiger partial charge >= 0.3 is 0 Å². The van der Waals surface area contributed by atoms with Crippen LogP contribution in [0.5, 0.6) is 0 Å². The van der Waals surface area contributed by atoms with Gasteiger partial charge in [0.15, 0.2) is 0 Å². The van der Waals surface area contributed by atoms with Crippen molar-refractivity contribution in [3.8, 4) is 0 Å². The van der Waals surface area contributed by atoms with E-state index in [1.54, 1.807) is 0 Å². The van der Waals surface area contributed by atoms with Crippen molar-refractivity contribution < 1.29 is 4.79 Å². The molecular weight excluding hydrogens is 238 g/mol. The van der Waals surface area contributed by atoms with Crippen molar-refractivity contribution in [3.05, 3.63) is 0 Å². The summed E-state index contributed by atoms with van der Waals surface area (Å²) in [4.78, 5) is 16.9. The molecule has 3 fully saturated rings. The first kappa shape index (κ1) is 13.4. The highest BCUT2D eigenvalue weighted by atomic mass is 16.2. The van der Waals surface area contributed by atoms with E-state index in [-0.39, 0.29) is 0 Å². The molecule has 4 heteroatoms. The molecule has 0 aromatic carbocycles. The van der Waals surface area contributed by atoms with Gasteiger partial charge in [0, 0.05) is 44.2 Å². The fourth-order valence-electron chi connectivity index (χ4n) is 3.99. The molecule has 3 saturated heterocycles. The Morgan fingerprint density at radius 1 is 1.21 bits per heavy atom. The average molecular weight is 265 g/mol. The van der Waals surface area contributed by atoms with Gasteiger partial charge in [-0.05, 0) is 45.6 Å². The first-order valence-electron chi connectivity index (χ1n) is 7.86. The highest BCUT2D eigenvalue weighted by Crippen LogP contribution is 2.33. The Kier molecular flexibility index (Phi) is 3.81. The van der Waals surface area contributed by atoms with Crippen molar-refractivity contribution in [3.63, 3.8) is 0 Å². The molecule has 0 aromatic rings. The van der Waals surface area contributed by atoms with Gasteiger partial charge in [-0.1, -0.05) is 0 Å². The number of hydrogen-bond donors (Lipinski definition) is 1. The highest BCUT2D eigenvalue weighted by Gasteiger charge is 2.35. The van der Waals surface area contributed by atoms with E-state index in [0.717, 1.165) is 26.1 Å². The third-order valence-corrected chi connectivity index (χ3v) is 5.35. The zero-order valence-corrected chi connectivity index (χ0v) is 12.3. The SMILES string of the molecule is CC1CN(C(=O)CC2CC3CCC(C2)N3)CCN1C. The van der Waals surface area contributed by atoms with Crippen LogP contribution in [0.4, 0.5) is 0 Å². The van der Waals surface area contributed by atoms with Crippen LogP contribution in [0.1, 0.15) is 39.0 Å². The van der Waals surface area contributed by atoms with Gasteiger partial charge in [-0.15, -0.1) is 0 Å². The molecule has 0 spiro atoms. The summed E-state index contributed by atoms with van der Waals surface area (Å²) in [6, 6.07) is 1.90. The summed E-state index contributed by atoms with van der Waals surface area (Å²) >= 11 is 0. The van der Waals surface area contributed by atoms with Crippen LogP contribution in [0.3, 0.4) is 0 Å². The summed E-state index contributed by atoms with van der Waals surface area (Å²) in [5.74, 6) is 1.02. The first-order chi connectivity index (χ1) is 9.11. The molecular formula is C15H27N3O. The molecule has 19 heavy (non-hydrogen) atoms. The van der Waals surface area contributed by atoms with Gasteiger partial charge in [-0.2, -0.15) is 0 Å². The molecule has 0 aliphatic carbocycles. The number of carbonyl (C=O) groups is 1. The van der Waals surface area contributed by atoms with Gasteiger partial charge < -0.3 is 15.1 Å². The lowest BCUT2D eigenvalue weighted by Crippen LogP contribution is -2.52. The van der Waals surface area contributed by atoms with Gasteiger partial charge in [0.05, 0.1) is 0 Å². The normalized spacial score (nSPS) is 39.6. The third-order valence-electron chi connectivity index (χ3n) is 5.35. The second kappa shape index (κ2) is 5.41. The number of carbonyl (C=O) groups excluding carboxylic acids is 1. The number of nitrogens with zero attached hydrogens (tertiary/aromatic N) is 2. The van der Waals surface area contributed by atoms with Crippen molar-refractivity contribution in [2.24, 2.45) is 5.92 Å². The molecule has 3 aliphatic rings. The van der Waals surface area contributed by atoms with Crippen LogP contribution in [0, 0.1) is 5.92 Å². The zero-order chi connectivity index (χ0) is 13.4. The Balaban J connectivity index is 1.51. The monoisotopic (exact) mass is 265 g/mol. The Labute approximate surface area is 116 Å². The van der Waals surface area contributed by atoms with Crippen LogP contribution in [0.25, 0.3) is 0 Å². The Morgan fingerprint density at radius 3 is 2.53 bits per heavy atom. The van der Waals surface area contributed by atoms with Gasteiger partial charge in [-0.3, -0.25) is 4.79 Å². The summed E-state index contributed by atoms with van der Waals surface area (Å²) in [6.45, 7) is 5.05. The van der Waals surface area contributed by atoms with Crippen molar-refractivity contribution in [1.82, 2.24) is 15.1 Å². The molecule has 0 saturated carbocycles. The predicted molar refractivity (Wildman–Crippen MR) is 76.0 cm³/mol. The quantitative estimate of drug-likeness (QED) is 0.811. The summed E-state index contributed by atoms with van der Waals surface area (Å²) in [7, 11) is 2.15. The lowest BCUT2D eigenvalue weighted by Gasteiger charge is -2.38. The van der Waals surface area contributed by atoms with E-state index in [4.69, 9.17) is 0 Å². The predicted octanol–water partition coefficient (Wildman–Crippen LogP) is 1.07. The number of piperazine rings is 1. The van der Waals surface area contributed by atoms with Crippen LogP contribution in [-0.2, 0) is 4.79 Å². The second-order valence-corrected chi connectivity index (χ2v) is 6.85. The smallest absolute Gasteiger partial charge is 0.222 e. The Bertz CT molecular complexity index is 334. The Hall–Kier alpha value is -0.610. The van der Waals surface area contributed by atoms with E-state index in [9.17, 15) is 4.79 Å². The number of amides is 1. The fraction of sp³-hybridized carbons (Fsp3) is 0.933. The maximum atomic E-state index is 12.4. The lowest BCUT2D eigenvalue weighted by molar-refractivity contribution is -0.135. The number of nitrogens with one attached hydrogen (secondary N) is 1. The van der Waals surface area contributed by atoms with E-state index in [1.165, 1.54) is 25.7 Å². The second-order valence-electron chi connectivity index (χ2n) is 6.85. The molecule has 0 radical (unpaired) electrons. The fourth-order valence-corrected chi connectivity index (χ4v) is 3.99. The lowest BCUT2D eigenvalue weighted by atomic mass is 9.89. The molecule has 4 nitrogen and oxygen atoms in total. The minimum Gasteiger partial charge on any atom is -0.340 e. The molecule has 1 N–H and O–H groups in total. The summed E-state index contributed by atoms with van der Waals surface area (Å²) < 4.78 is 0. The number of hydrogen-bond acceptors (Lipinski definition) is 3. The van der Waals surface area contributed by atoms with Crippen LogP contribution in [0.2, 0.25) is 0 Å². The van der Waals surface area contributed by atoms with Crippen molar-refractivity contribution in [2.75, 3.05) is 26.7 Å². The van der Waals surface area contributed by atoms with Crippen molar-refractivity contribution in [1.29, 1.82) is 0 Å². The first-order valence-corrected chi connectivity index (χ1v) is 7.86. The van der Waals surface area contributed by atoms with E-state index in [2.05, 4.69) is 29.1 Å².